The molecule has 8 nitrogen and oxygen atoms in total. The molecule has 0 unspecified atom stereocenters. The number of aryl methyl sites for hydroxylation is 2. The van der Waals surface area contributed by atoms with Crippen LogP contribution in [0.2, 0.25) is 0 Å². The summed E-state index contributed by atoms with van der Waals surface area (Å²) in [6.07, 6.45) is 0. The van der Waals surface area contributed by atoms with E-state index in [1.807, 2.05) is 123 Å². The van der Waals surface area contributed by atoms with Crippen molar-refractivity contribution in [1.29, 1.82) is 10.5 Å². The van der Waals surface area contributed by atoms with Gasteiger partial charge in [0.1, 0.15) is 6.07 Å². The van der Waals surface area contributed by atoms with Crippen molar-refractivity contribution in [2.75, 3.05) is 0 Å². The summed E-state index contributed by atoms with van der Waals surface area (Å²) in [7, 11) is 0. The van der Waals surface area contributed by atoms with E-state index in [2.05, 4.69) is 121 Å². The van der Waals surface area contributed by atoms with Gasteiger partial charge in [0.15, 0.2) is 17.1 Å². The monoisotopic (exact) mass is 942 g/mol. The van der Waals surface area contributed by atoms with E-state index in [1.54, 1.807) is 0 Å². The molecule has 0 aliphatic heterocycles. The van der Waals surface area contributed by atoms with Crippen molar-refractivity contribution in [1.82, 2.24) is 14.1 Å². The van der Waals surface area contributed by atoms with E-state index < -0.39 is 0 Å². The molecule has 342 valence electrons. The maximum atomic E-state index is 11.7. The lowest BCUT2D eigenvalue weighted by atomic mass is 9.98. The first-order valence-electron chi connectivity index (χ1n) is 23.9. The lowest BCUT2D eigenvalue weighted by Gasteiger charge is -2.20. The van der Waals surface area contributed by atoms with Gasteiger partial charge < -0.3 is 9.13 Å². The van der Waals surface area contributed by atoms with Crippen LogP contribution in [0.1, 0.15) is 22.5 Å². The summed E-state index contributed by atoms with van der Waals surface area (Å²) in [6, 6.07) is 68.8. The van der Waals surface area contributed by atoms with Crippen LogP contribution in [0.25, 0.3) is 125 Å². The van der Waals surface area contributed by atoms with Crippen LogP contribution in [0.5, 0.6) is 0 Å². The number of hydrogen-bond donors (Lipinski definition) is 0. The molecule has 0 fully saturated rings. The van der Waals surface area contributed by atoms with Crippen LogP contribution in [0.4, 0.5) is 17.1 Å². The lowest BCUT2D eigenvalue weighted by molar-refractivity contribution is 1.11. The molecule has 0 aliphatic carbocycles. The number of hydrogen-bond acceptors (Lipinski definition) is 3. The van der Waals surface area contributed by atoms with E-state index in [1.165, 1.54) is 0 Å². The Morgan fingerprint density at radius 3 is 1.14 bits per heavy atom. The lowest BCUT2D eigenvalue weighted by Crippen LogP contribution is -2.04. The normalized spacial score (nSPS) is 11.0. The molecule has 0 radical (unpaired) electrons. The van der Waals surface area contributed by atoms with E-state index in [4.69, 9.17) is 24.7 Å². The van der Waals surface area contributed by atoms with Gasteiger partial charge >= 0.3 is 0 Å². The largest absolute Gasteiger partial charge is 0.309 e. The topological polar surface area (TPSA) is 83.4 Å². The Hall–Kier alpha value is -10.8. The van der Waals surface area contributed by atoms with Crippen molar-refractivity contribution < 1.29 is 0 Å². The molecule has 0 atom stereocenters. The van der Waals surface area contributed by atoms with Gasteiger partial charge in [0.05, 0.1) is 70.4 Å². The van der Waals surface area contributed by atoms with Crippen molar-refractivity contribution in [2.45, 2.75) is 13.8 Å². The summed E-state index contributed by atoms with van der Waals surface area (Å²) in [5, 5.41) is 25.8. The van der Waals surface area contributed by atoms with E-state index >= 15 is 0 Å². The number of rotatable bonds is 7. The fraction of sp³-hybridized carbons (Fsp3) is 0.0303. The second kappa shape index (κ2) is 17.9. The molecule has 0 aliphatic rings. The summed E-state index contributed by atoms with van der Waals surface area (Å²) in [6.45, 7) is 28.2. The number of fused-ring (bicyclic) bond motifs is 6. The number of pyridine rings is 1. The highest BCUT2D eigenvalue weighted by atomic mass is 15.0. The van der Waals surface area contributed by atoms with Gasteiger partial charge in [-0.15, -0.1) is 0 Å². The predicted molar refractivity (Wildman–Crippen MR) is 298 cm³/mol. The number of nitrogens with zero attached hydrogens (tertiary/aromatic N) is 8. The molecule has 12 rings (SSSR count). The van der Waals surface area contributed by atoms with Gasteiger partial charge in [-0.1, -0.05) is 140 Å². The highest BCUT2D eigenvalue weighted by Gasteiger charge is 2.24. The van der Waals surface area contributed by atoms with Crippen LogP contribution in [0, 0.1) is 56.2 Å². The van der Waals surface area contributed by atoms with Crippen LogP contribution >= 0.6 is 0 Å². The van der Waals surface area contributed by atoms with Crippen molar-refractivity contribution in [3.8, 4) is 79.1 Å². The van der Waals surface area contributed by atoms with Crippen LogP contribution in [-0.2, 0) is 0 Å². The summed E-state index contributed by atoms with van der Waals surface area (Å²) < 4.78 is 4.39. The molecule has 9 aromatic carbocycles. The Balaban J connectivity index is 1.22. The molecule has 0 saturated heterocycles. The molecule has 0 bridgehead atoms. The molecule has 3 aromatic heterocycles. The van der Waals surface area contributed by atoms with Gasteiger partial charge in [-0.25, -0.2) is 14.5 Å². The molecule has 74 heavy (non-hydrogen) atoms. The maximum absolute atomic E-state index is 11.7. The van der Waals surface area contributed by atoms with E-state index in [0.29, 0.717) is 33.9 Å². The Bertz CT molecular complexity index is 4340. The summed E-state index contributed by atoms with van der Waals surface area (Å²) in [5.41, 5.74) is 17.4. The third-order valence-electron chi connectivity index (χ3n) is 14.0. The average Bonchev–Trinajstić information content (AvgIpc) is 3.95. The third-order valence-corrected chi connectivity index (χ3v) is 14.0. The zero-order chi connectivity index (χ0) is 50.6. The minimum absolute atomic E-state index is 0.402. The smallest absolute Gasteiger partial charge is 0.194 e. The maximum Gasteiger partial charge on any atom is 0.194 e. The zero-order valence-corrected chi connectivity index (χ0v) is 40.1. The highest BCUT2D eigenvalue weighted by Crippen LogP contribution is 2.45. The van der Waals surface area contributed by atoms with Crippen molar-refractivity contribution in [2.24, 2.45) is 0 Å². The van der Waals surface area contributed by atoms with Gasteiger partial charge in [0, 0.05) is 38.5 Å². The van der Waals surface area contributed by atoms with Crippen LogP contribution in [0.3, 0.4) is 0 Å². The molecular formula is C66H38N8. The number of nitriles is 2. The van der Waals surface area contributed by atoms with E-state index in [0.717, 1.165) is 116 Å². The van der Waals surface area contributed by atoms with Gasteiger partial charge in [-0.3, -0.25) is 4.98 Å². The minimum Gasteiger partial charge on any atom is -0.309 e. The zero-order valence-electron chi connectivity index (χ0n) is 40.1. The Labute approximate surface area is 427 Å². The Morgan fingerprint density at radius 2 is 0.730 bits per heavy atom. The van der Waals surface area contributed by atoms with Gasteiger partial charge in [-0.2, -0.15) is 10.5 Å². The van der Waals surface area contributed by atoms with Crippen LogP contribution in [-0.4, -0.2) is 14.1 Å². The van der Waals surface area contributed by atoms with Gasteiger partial charge in [-0.05, 0) is 119 Å². The molecular weight excluding hydrogens is 905 g/mol. The third kappa shape index (κ3) is 7.22. The molecule has 0 amide bonds. The van der Waals surface area contributed by atoms with E-state index in [9.17, 15) is 10.5 Å². The molecule has 0 saturated carbocycles. The fourth-order valence-electron chi connectivity index (χ4n) is 10.8. The highest BCUT2D eigenvalue weighted by molar-refractivity contribution is 6.14. The van der Waals surface area contributed by atoms with Crippen LogP contribution in [0.15, 0.2) is 194 Å². The average molecular weight is 943 g/mol. The Kier molecular flexibility index (Phi) is 10.7. The fourth-order valence-corrected chi connectivity index (χ4v) is 10.8. The molecule has 3 heterocycles. The minimum atomic E-state index is 0.402. The summed E-state index contributed by atoms with van der Waals surface area (Å²) in [5.74, 6) is 0. The number of benzene rings is 9. The van der Waals surface area contributed by atoms with Crippen molar-refractivity contribution >= 4 is 60.7 Å². The standard InChI is InChI=1S/C66H38N8/c1-40-30-47(31-41(2)72-40)57-37-61(73-62-32-42(49-15-7-6-14-46(49)38-67)22-26-53(62)54-27-23-43(33-63(54)73)50-16-8-11-19-58(50)69-3)48(39-68)36-66(57)74-64-34-44(51-17-9-12-20-59(51)70-4)24-28-55(64)56-29-25-45(35-65(56)74)52-18-10-13-21-60(52)71-5/h6-37H,1-2H3. The summed E-state index contributed by atoms with van der Waals surface area (Å²) >= 11 is 0. The van der Waals surface area contributed by atoms with Crippen molar-refractivity contribution in [3.63, 3.8) is 0 Å². The first-order valence-corrected chi connectivity index (χ1v) is 23.9. The van der Waals surface area contributed by atoms with E-state index in [-0.39, 0.29) is 0 Å². The summed E-state index contributed by atoms with van der Waals surface area (Å²) in [4.78, 5) is 16.5. The molecule has 0 spiro atoms. The number of aromatic nitrogens is 3. The molecule has 12 aromatic rings. The second-order valence-corrected chi connectivity index (χ2v) is 18.3. The first-order chi connectivity index (χ1) is 36.3. The quantitative estimate of drug-likeness (QED) is 0.149. The predicted octanol–water partition coefficient (Wildman–Crippen LogP) is 17.6. The van der Waals surface area contributed by atoms with Crippen molar-refractivity contribution in [3.05, 3.63) is 251 Å². The Morgan fingerprint density at radius 1 is 0.365 bits per heavy atom. The second-order valence-electron chi connectivity index (χ2n) is 18.3. The SMILES string of the molecule is [C-]#[N+]c1ccccc1-c1ccc2c3ccc(-c4ccccc4C#N)cc3n(-c3cc(-c4cc(C)nc(C)c4)c(-n4c5cc(-c6ccccc6[N+]#[C-])ccc5c5ccc(-c6ccccc6[N+]#[C-])cc54)cc3C#N)c2c1. The van der Waals surface area contributed by atoms with Gasteiger partial charge in [0.25, 0.3) is 0 Å². The van der Waals surface area contributed by atoms with Gasteiger partial charge in [0.2, 0.25) is 0 Å². The number of para-hydroxylation sites is 3. The van der Waals surface area contributed by atoms with Crippen LogP contribution < -0.4 is 0 Å². The molecule has 0 N–H and O–H groups in total. The molecule has 8 heteroatoms. The first kappa shape index (κ1) is 44.4.